The number of alkyl halides is 1. The normalized spacial score (nSPS) is 11.9. The standard InChI is InChI=1S/C14H22BrOSi/c1-11-7-6-8-12(9-15)13(11)16-10-14(2,3)17(4)5/h6-8H,9-10H2,1-5H3. The summed E-state index contributed by atoms with van der Waals surface area (Å²) in [6.07, 6.45) is 0. The Balaban J connectivity index is 2.82. The lowest BCUT2D eigenvalue weighted by Crippen LogP contribution is -2.28. The van der Waals surface area contributed by atoms with Crippen molar-refractivity contribution in [2.45, 2.75) is 44.2 Å². The maximum atomic E-state index is 6.08. The Bertz CT molecular complexity index is 374. The molecule has 0 amide bonds. The first-order valence-corrected chi connectivity index (χ1v) is 9.58. The highest BCUT2D eigenvalue weighted by atomic mass is 79.9. The molecular formula is C14H22BrOSi. The second-order valence-corrected chi connectivity index (χ2v) is 9.28. The van der Waals surface area contributed by atoms with Crippen molar-refractivity contribution in [1.29, 1.82) is 0 Å². The molecule has 1 aromatic rings. The fourth-order valence-electron chi connectivity index (χ4n) is 1.42. The molecule has 0 aliphatic heterocycles. The zero-order chi connectivity index (χ0) is 13.1. The number of hydrogen-bond acceptors (Lipinski definition) is 1. The molecule has 0 aliphatic rings. The van der Waals surface area contributed by atoms with Crippen molar-refractivity contribution in [3.8, 4) is 5.75 Å². The van der Waals surface area contributed by atoms with E-state index in [2.05, 4.69) is 68.0 Å². The van der Waals surface area contributed by atoms with Gasteiger partial charge in [-0.05, 0) is 17.5 Å². The SMILES string of the molecule is Cc1cccc(CBr)c1OCC(C)(C)[Si](C)C. The average Bonchev–Trinajstić information content (AvgIpc) is 2.26. The molecule has 0 bridgehead atoms. The third kappa shape index (κ3) is 3.85. The molecule has 0 spiro atoms. The van der Waals surface area contributed by atoms with Crippen molar-refractivity contribution >= 4 is 24.7 Å². The number of halogens is 1. The van der Waals surface area contributed by atoms with Crippen molar-refractivity contribution < 1.29 is 4.74 Å². The quantitative estimate of drug-likeness (QED) is 0.560. The number of hydrogen-bond donors (Lipinski definition) is 0. The second-order valence-electron chi connectivity index (χ2n) is 5.37. The van der Waals surface area contributed by atoms with Crippen LogP contribution in [0.3, 0.4) is 0 Å². The zero-order valence-electron chi connectivity index (χ0n) is 11.4. The van der Waals surface area contributed by atoms with E-state index in [-0.39, 0.29) is 8.80 Å². The third-order valence-corrected chi connectivity index (χ3v) is 6.82. The smallest absolute Gasteiger partial charge is 0.126 e. The number of para-hydroxylation sites is 1. The van der Waals surface area contributed by atoms with Gasteiger partial charge in [-0.2, -0.15) is 0 Å². The first-order chi connectivity index (χ1) is 7.88. The van der Waals surface area contributed by atoms with Crippen LogP contribution in [-0.2, 0) is 5.33 Å². The van der Waals surface area contributed by atoms with Crippen LogP contribution in [0.4, 0.5) is 0 Å². The number of aryl methyl sites for hydroxylation is 1. The molecule has 0 fully saturated rings. The number of benzene rings is 1. The second kappa shape index (κ2) is 6.05. The van der Waals surface area contributed by atoms with Gasteiger partial charge < -0.3 is 4.74 Å². The maximum absolute atomic E-state index is 6.08. The summed E-state index contributed by atoms with van der Waals surface area (Å²) < 4.78 is 6.08. The molecular weight excluding hydrogens is 292 g/mol. The van der Waals surface area contributed by atoms with Gasteiger partial charge in [-0.25, -0.2) is 0 Å². The van der Waals surface area contributed by atoms with Crippen LogP contribution in [-0.4, -0.2) is 15.4 Å². The van der Waals surface area contributed by atoms with E-state index in [1.54, 1.807) is 0 Å². The lowest BCUT2D eigenvalue weighted by atomic mass is 10.1. The third-order valence-electron chi connectivity index (χ3n) is 3.37. The highest BCUT2D eigenvalue weighted by Crippen LogP contribution is 2.32. The molecule has 0 heterocycles. The summed E-state index contributed by atoms with van der Waals surface area (Å²) in [7, 11) is -0.349. The van der Waals surface area contributed by atoms with Gasteiger partial charge in [0.1, 0.15) is 5.75 Å². The molecule has 1 aromatic carbocycles. The summed E-state index contributed by atoms with van der Waals surface area (Å²) in [5.74, 6) is 1.06. The summed E-state index contributed by atoms with van der Waals surface area (Å²) in [4.78, 5) is 0. The number of ether oxygens (including phenoxy) is 1. The van der Waals surface area contributed by atoms with E-state index < -0.39 is 0 Å². The van der Waals surface area contributed by atoms with Crippen molar-refractivity contribution in [3.63, 3.8) is 0 Å². The van der Waals surface area contributed by atoms with E-state index in [1.165, 1.54) is 11.1 Å². The molecule has 3 heteroatoms. The summed E-state index contributed by atoms with van der Waals surface area (Å²) in [5.41, 5.74) is 2.46. The van der Waals surface area contributed by atoms with Gasteiger partial charge in [-0.1, -0.05) is 61.1 Å². The maximum Gasteiger partial charge on any atom is 0.126 e. The van der Waals surface area contributed by atoms with Crippen LogP contribution < -0.4 is 4.74 Å². The van der Waals surface area contributed by atoms with Gasteiger partial charge in [0.2, 0.25) is 0 Å². The monoisotopic (exact) mass is 313 g/mol. The van der Waals surface area contributed by atoms with Crippen LogP contribution in [0.2, 0.25) is 18.1 Å². The summed E-state index contributed by atoms with van der Waals surface area (Å²) in [6, 6.07) is 6.31. The number of rotatable bonds is 5. The van der Waals surface area contributed by atoms with E-state index in [1.807, 2.05) is 0 Å². The lowest BCUT2D eigenvalue weighted by Gasteiger charge is -2.28. The summed E-state index contributed by atoms with van der Waals surface area (Å²) >= 11 is 3.52. The van der Waals surface area contributed by atoms with Gasteiger partial charge >= 0.3 is 0 Å². The van der Waals surface area contributed by atoms with Crippen LogP contribution in [0.25, 0.3) is 0 Å². The van der Waals surface area contributed by atoms with E-state index in [0.29, 0.717) is 5.04 Å². The predicted molar refractivity (Wildman–Crippen MR) is 80.8 cm³/mol. The molecule has 1 rings (SSSR count). The van der Waals surface area contributed by atoms with Gasteiger partial charge in [0.05, 0.1) is 15.4 Å². The first-order valence-electron chi connectivity index (χ1n) is 5.96. The largest absolute Gasteiger partial charge is 0.493 e. The Labute approximate surface area is 115 Å². The minimum absolute atomic E-state index is 0.302. The molecule has 1 nitrogen and oxygen atoms in total. The van der Waals surface area contributed by atoms with Gasteiger partial charge in [-0.3, -0.25) is 0 Å². The Morgan fingerprint density at radius 2 is 1.94 bits per heavy atom. The van der Waals surface area contributed by atoms with E-state index in [9.17, 15) is 0 Å². The summed E-state index contributed by atoms with van der Waals surface area (Å²) in [5, 5.41) is 1.15. The Morgan fingerprint density at radius 1 is 1.29 bits per heavy atom. The Kier molecular flexibility index (Phi) is 5.26. The molecule has 0 aliphatic carbocycles. The van der Waals surface area contributed by atoms with Crippen LogP contribution in [0.15, 0.2) is 18.2 Å². The van der Waals surface area contributed by atoms with E-state index in [4.69, 9.17) is 4.74 Å². The van der Waals surface area contributed by atoms with Crippen molar-refractivity contribution in [2.24, 2.45) is 0 Å². The minimum atomic E-state index is -0.349. The van der Waals surface area contributed by atoms with Crippen LogP contribution in [0, 0.1) is 6.92 Å². The van der Waals surface area contributed by atoms with Gasteiger partial charge in [0.25, 0.3) is 0 Å². The Hall–Kier alpha value is -0.283. The zero-order valence-corrected chi connectivity index (χ0v) is 14.0. The van der Waals surface area contributed by atoms with Crippen molar-refractivity contribution in [1.82, 2.24) is 0 Å². The van der Waals surface area contributed by atoms with E-state index >= 15 is 0 Å². The summed E-state index contributed by atoms with van der Waals surface area (Å²) in [6.45, 7) is 12.2. The molecule has 1 radical (unpaired) electrons. The van der Waals surface area contributed by atoms with Crippen molar-refractivity contribution in [2.75, 3.05) is 6.61 Å². The van der Waals surface area contributed by atoms with E-state index in [0.717, 1.165) is 17.7 Å². The average molecular weight is 314 g/mol. The molecule has 0 unspecified atom stereocenters. The first kappa shape index (κ1) is 14.8. The Morgan fingerprint density at radius 3 is 2.47 bits per heavy atom. The molecule has 17 heavy (non-hydrogen) atoms. The fourth-order valence-corrected chi connectivity index (χ4v) is 2.22. The molecule has 0 saturated carbocycles. The predicted octanol–water partition coefficient (Wildman–Crippen LogP) is 4.80. The highest BCUT2D eigenvalue weighted by Gasteiger charge is 2.25. The van der Waals surface area contributed by atoms with Gasteiger partial charge in [0.15, 0.2) is 0 Å². The molecule has 0 atom stereocenters. The van der Waals surface area contributed by atoms with Crippen molar-refractivity contribution in [3.05, 3.63) is 29.3 Å². The highest BCUT2D eigenvalue weighted by molar-refractivity contribution is 9.08. The fraction of sp³-hybridized carbons (Fsp3) is 0.571. The molecule has 0 saturated heterocycles. The molecule has 0 N–H and O–H groups in total. The van der Waals surface area contributed by atoms with Crippen LogP contribution in [0.1, 0.15) is 25.0 Å². The lowest BCUT2D eigenvalue weighted by molar-refractivity contribution is 0.273. The van der Waals surface area contributed by atoms with Gasteiger partial charge in [-0.15, -0.1) is 0 Å². The topological polar surface area (TPSA) is 9.23 Å². The van der Waals surface area contributed by atoms with Crippen LogP contribution >= 0.6 is 15.9 Å². The van der Waals surface area contributed by atoms with Gasteiger partial charge in [0, 0.05) is 10.9 Å². The molecule has 95 valence electrons. The minimum Gasteiger partial charge on any atom is -0.493 e. The van der Waals surface area contributed by atoms with Crippen LogP contribution in [0.5, 0.6) is 5.75 Å². The molecule has 0 aromatic heterocycles.